The van der Waals surface area contributed by atoms with Crippen LogP contribution in [-0.4, -0.2) is 35.4 Å². The summed E-state index contributed by atoms with van der Waals surface area (Å²) < 4.78 is 5.40. The van der Waals surface area contributed by atoms with Gasteiger partial charge < -0.3 is 15.2 Å². The lowest BCUT2D eigenvalue weighted by molar-refractivity contribution is -0.141. The molecule has 0 saturated carbocycles. The van der Waals surface area contributed by atoms with Crippen molar-refractivity contribution in [3.8, 4) is 5.75 Å². The molecule has 0 spiro atoms. The van der Waals surface area contributed by atoms with Gasteiger partial charge in [-0.25, -0.2) is 0 Å². The summed E-state index contributed by atoms with van der Waals surface area (Å²) >= 11 is 1.54. The van der Waals surface area contributed by atoms with E-state index in [9.17, 15) is 9.59 Å². The first kappa shape index (κ1) is 16.4. The SMILES string of the molecule is CCOc1cccc(SCCC(=O)NC(C)C(=O)O)c1. The van der Waals surface area contributed by atoms with Gasteiger partial charge in [0.25, 0.3) is 0 Å². The molecule has 0 aliphatic carbocycles. The number of carboxylic acids is 1. The zero-order valence-electron chi connectivity index (χ0n) is 11.6. The highest BCUT2D eigenvalue weighted by Crippen LogP contribution is 2.23. The van der Waals surface area contributed by atoms with Crippen molar-refractivity contribution in [2.24, 2.45) is 0 Å². The maximum atomic E-state index is 11.5. The number of hydrogen-bond donors (Lipinski definition) is 2. The van der Waals surface area contributed by atoms with Crippen molar-refractivity contribution in [3.63, 3.8) is 0 Å². The third-order valence-electron chi connectivity index (χ3n) is 2.46. The van der Waals surface area contributed by atoms with Gasteiger partial charge in [0.15, 0.2) is 0 Å². The second-order valence-corrected chi connectivity index (χ2v) is 5.30. The molecule has 5 nitrogen and oxygen atoms in total. The normalized spacial score (nSPS) is 11.7. The Labute approximate surface area is 122 Å². The Kier molecular flexibility index (Phi) is 6.93. The van der Waals surface area contributed by atoms with Gasteiger partial charge in [0.05, 0.1) is 6.61 Å². The van der Waals surface area contributed by atoms with E-state index < -0.39 is 12.0 Å². The molecule has 1 amide bonds. The molecule has 1 aromatic rings. The first-order valence-electron chi connectivity index (χ1n) is 6.40. The molecule has 20 heavy (non-hydrogen) atoms. The minimum atomic E-state index is -1.03. The summed E-state index contributed by atoms with van der Waals surface area (Å²) in [5.41, 5.74) is 0. The zero-order valence-corrected chi connectivity index (χ0v) is 12.4. The van der Waals surface area contributed by atoms with Gasteiger partial charge in [-0.05, 0) is 32.0 Å². The number of nitrogens with one attached hydrogen (secondary N) is 1. The van der Waals surface area contributed by atoms with Crippen molar-refractivity contribution in [2.45, 2.75) is 31.2 Å². The van der Waals surface area contributed by atoms with E-state index in [0.29, 0.717) is 12.4 Å². The van der Waals surface area contributed by atoms with Crippen LogP contribution in [0.4, 0.5) is 0 Å². The molecule has 1 unspecified atom stereocenters. The number of carbonyl (C=O) groups excluding carboxylic acids is 1. The monoisotopic (exact) mass is 297 g/mol. The van der Waals surface area contributed by atoms with Crippen molar-refractivity contribution >= 4 is 23.6 Å². The number of rotatable bonds is 8. The summed E-state index contributed by atoms with van der Waals surface area (Å²) in [7, 11) is 0. The number of amides is 1. The summed E-state index contributed by atoms with van der Waals surface area (Å²) in [5, 5.41) is 11.1. The standard InChI is InChI=1S/C14H19NO4S/c1-3-19-11-5-4-6-12(9-11)20-8-7-13(16)15-10(2)14(17)18/h4-6,9-10H,3,7-8H2,1-2H3,(H,15,16)(H,17,18). The molecule has 0 heterocycles. The quantitative estimate of drug-likeness (QED) is 0.719. The topological polar surface area (TPSA) is 75.6 Å². The molecule has 2 N–H and O–H groups in total. The van der Waals surface area contributed by atoms with Crippen LogP contribution >= 0.6 is 11.8 Å². The van der Waals surface area contributed by atoms with Crippen LogP contribution in [0.15, 0.2) is 29.2 Å². The summed E-state index contributed by atoms with van der Waals surface area (Å²) in [6.07, 6.45) is 0.279. The Morgan fingerprint density at radius 1 is 1.45 bits per heavy atom. The molecule has 0 aliphatic heterocycles. The number of carboxylic acid groups (broad SMARTS) is 1. The second-order valence-electron chi connectivity index (χ2n) is 4.13. The highest BCUT2D eigenvalue weighted by atomic mass is 32.2. The Bertz CT molecular complexity index is 464. The number of thioether (sulfide) groups is 1. The van der Waals surface area contributed by atoms with Gasteiger partial charge in [0.2, 0.25) is 5.91 Å². The fraction of sp³-hybridized carbons (Fsp3) is 0.429. The maximum Gasteiger partial charge on any atom is 0.325 e. The van der Waals surface area contributed by atoms with Gasteiger partial charge in [0, 0.05) is 17.1 Å². The minimum absolute atomic E-state index is 0.256. The largest absolute Gasteiger partial charge is 0.494 e. The summed E-state index contributed by atoms with van der Waals surface area (Å²) in [6, 6.07) is 6.81. The molecule has 1 aromatic carbocycles. The number of aliphatic carboxylic acids is 1. The molecule has 0 radical (unpaired) electrons. The highest BCUT2D eigenvalue weighted by Gasteiger charge is 2.13. The van der Waals surface area contributed by atoms with E-state index in [0.717, 1.165) is 10.6 Å². The molecule has 0 saturated heterocycles. The molecule has 1 atom stereocenters. The predicted octanol–water partition coefficient (Wildman–Crippen LogP) is 2.16. The van der Waals surface area contributed by atoms with Crippen LogP contribution in [0.25, 0.3) is 0 Å². The first-order valence-corrected chi connectivity index (χ1v) is 7.39. The van der Waals surface area contributed by atoms with E-state index >= 15 is 0 Å². The summed E-state index contributed by atoms with van der Waals surface area (Å²) in [6.45, 7) is 3.98. The van der Waals surface area contributed by atoms with Crippen molar-refractivity contribution in [3.05, 3.63) is 24.3 Å². The minimum Gasteiger partial charge on any atom is -0.494 e. The molecule has 110 valence electrons. The lowest BCUT2D eigenvalue weighted by Crippen LogP contribution is -2.38. The third-order valence-corrected chi connectivity index (χ3v) is 3.46. The Morgan fingerprint density at radius 2 is 2.20 bits per heavy atom. The van der Waals surface area contributed by atoms with Gasteiger partial charge in [-0.2, -0.15) is 0 Å². The lowest BCUT2D eigenvalue weighted by Gasteiger charge is -2.09. The highest BCUT2D eigenvalue weighted by molar-refractivity contribution is 7.99. The van der Waals surface area contributed by atoms with Crippen LogP contribution in [0.1, 0.15) is 20.3 Å². The number of ether oxygens (including phenoxy) is 1. The van der Waals surface area contributed by atoms with Crippen LogP contribution in [-0.2, 0) is 9.59 Å². The number of benzene rings is 1. The van der Waals surface area contributed by atoms with Gasteiger partial charge >= 0.3 is 5.97 Å². The van der Waals surface area contributed by atoms with Crippen molar-refractivity contribution < 1.29 is 19.4 Å². The van der Waals surface area contributed by atoms with Crippen LogP contribution in [0, 0.1) is 0 Å². The fourth-order valence-corrected chi connectivity index (χ4v) is 2.35. The van der Waals surface area contributed by atoms with E-state index in [1.165, 1.54) is 18.7 Å². The van der Waals surface area contributed by atoms with Crippen LogP contribution in [0.3, 0.4) is 0 Å². The molecule has 0 aliphatic rings. The smallest absolute Gasteiger partial charge is 0.325 e. The van der Waals surface area contributed by atoms with Gasteiger partial charge in [0.1, 0.15) is 11.8 Å². The first-order chi connectivity index (χ1) is 9.52. The summed E-state index contributed by atoms with van der Waals surface area (Å²) in [5.74, 6) is 0.110. The molecular weight excluding hydrogens is 278 g/mol. The van der Waals surface area contributed by atoms with Crippen molar-refractivity contribution in [1.29, 1.82) is 0 Å². The molecule has 1 rings (SSSR count). The zero-order chi connectivity index (χ0) is 15.0. The molecule has 0 bridgehead atoms. The fourth-order valence-electron chi connectivity index (χ4n) is 1.46. The lowest BCUT2D eigenvalue weighted by atomic mass is 10.3. The van der Waals surface area contributed by atoms with E-state index in [-0.39, 0.29) is 12.3 Å². The average Bonchev–Trinajstić information content (AvgIpc) is 2.39. The van der Waals surface area contributed by atoms with E-state index in [1.807, 2.05) is 31.2 Å². The number of hydrogen-bond acceptors (Lipinski definition) is 4. The maximum absolute atomic E-state index is 11.5. The van der Waals surface area contributed by atoms with Crippen molar-refractivity contribution in [2.75, 3.05) is 12.4 Å². The van der Waals surface area contributed by atoms with Crippen LogP contribution in [0.2, 0.25) is 0 Å². The van der Waals surface area contributed by atoms with Crippen LogP contribution < -0.4 is 10.1 Å². The van der Waals surface area contributed by atoms with E-state index in [1.54, 1.807) is 0 Å². The number of carbonyl (C=O) groups is 2. The van der Waals surface area contributed by atoms with E-state index in [4.69, 9.17) is 9.84 Å². The average molecular weight is 297 g/mol. The molecular formula is C14H19NO4S. The molecule has 0 fully saturated rings. The van der Waals surface area contributed by atoms with Crippen LogP contribution in [0.5, 0.6) is 5.75 Å². The predicted molar refractivity (Wildman–Crippen MR) is 78.2 cm³/mol. The van der Waals surface area contributed by atoms with Gasteiger partial charge in [-0.3, -0.25) is 9.59 Å². The van der Waals surface area contributed by atoms with Crippen molar-refractivity contribution in [1.82, 2.24) is 5.32 Å². The molecule has 6 heteroatoms. The molecule has 0 aromatic heterocycles. The van der Waals surface area contributed by atoms with E-state index in [2.05, 4.69) is 5.32 Å². The summed E-state index contributed by atoms with van der Waals surface area (Å²) in [4.78, 5) is 23.1. The Morgan fingerprint density at radius 3 is 2.85 bits per heavy atom. The Hall–Kier alpha value is -1.69. The Balaban J connectivity index is 2.35. The second kappa shape index (κ2) is 8.47. The van der Waals surface area contributed by atoms with Gasteiger partial charge in [-0.1, -0.05) is 6.07 Å². The van der Waals surface area contributed by atoms with Gasteiger partial charge in [-0.15, -0.1) is 11.8 Å². The third kappa shape index (κ3) is 5.97.